The van der Waals surface area contributed by atoms with Gasteiger partial charge in [-0.15, -0.1) is 0 Å². The van der Waals surface area contributed by atoms with Crippen molar-refractivity contribution in [2.45, 2.75) is 0 Å². The standard InChI is InChI=1S/C20H12ClFN4O2/c21-16-7-1-12(9-19(16)26(27)28)11-23-15-6-8-17-18(10-15)25-20(24-17)13-2-4-14(22)5-3-13/h1-11H,(H,24,25). The predicted octanol–water partition coefficient (Wildman–Crippen LogP) is 5.68. The molecular formula is C20H12ClFN4O2. The van der Waals surface area contributed by atoms with E-state index in [0.717, 1.165) is 16.6 Å². The fraction of sp³-hybridized carbons (Fsp3) is 0. The van der Waals surface area contributed by atoms with Crippen LogP contribution in [0.2, 0.25) is 5.02 Å². The van der Waals surface area contributed by atoms with E-state index in [2.05, 4.69) is 15.0 Å². The molecule has 3 aromatic carbocycles. The van der Waals surface area contributed by atoms with Gasteiger partial charge in [0.05, 0.1) is 21.6 Å². The molecule has 0 spiro atoms. The fourth-order valence-electron chi connectivity index (χ4n) is 2.72. The first-order valence-electron chi connectivity index (χ1n) is 8.23. The van der Waals surface area contributed by atoms with Crippen LogP contribution < -0.4 is 0 Å². The van der Waals surface area contributed by atoms with Gasteiger partial charge in [-0.3, -0.25) is 15.1 Å². The SMILES string of the molecule is O=[N+]([O-])c1cc(C=Nc2ccc3nc(-c4ccc(F)cc4)[nH]c3c2)ccc1Cl. The lowest BCUT2D eigenvalue weighted by Crippen LogP contribution is -1.91. The van der Waals surface area contributed by atoms with E-state index in [-0.39, 0.29) is 16.5 Å². The van der Waals surface area contributed by atoms with Gasteiger partial charge in [0.1, 0.15) is 16.7 Å². The smallest absolute Gasteiger partial charge is 0.288 e. The van der Waals surface area contributed by atoms with Gasteiger partial charge in [-0.2, -0.15) is 0 Å². The number of benzene rings is 3. The van der Waals surface area contributed by atoms with Crippen LogP contribution >= 0.6 is 11.6 Å². The summed E-state index contributed by atoms with van der Waals surface area (Å²) in [6, 6.07) is 16.0. The van der Waals surface area contributed by atoms with Crippen LogP contribution in [0.25, 0.3) is 22.4 Å². The third kappa shape index (κ3) is 3.60. The first-order valence-corrected chi connectivity index (χ1v) is 8.61. The topological polar surface area (TPSA) is 84.2 Å². The average molecular weight is 395 g/mol. The number of nitrogens with zero attached hydrogens (tertiary/aromatic N) is 3. The molecule has 4 aromatic rings. The Balaban J connectivity index is 1.63. The highest BCUT2D eigenvalue weighted by atomic mass is 35.5. The molecule has 0 fully saturated rings. The van der Waals surface area contributed by atoms with E-state index in [1.807, 2.05) is 12.1 Å². The molecule has 28 heavy (non-hydrogen) atoms. The molecule has 1 N–H and O–H groups in total. The van der Waals surface area contributed by atoms with Crippen LogP contribution in [0.5, 0.6) is 0 Å². The zero-order valence-electron chi connectivity index (χ0n) is 14.3. The molecule has 0 radical (unpaired) electrons. The Morgan fingerprint density at radius 1 is 1.11 bits per heavy atom. The Labute approximate surface area is 163 Å². The zero-order valence-corrected chi connectivity index (χ0v) is 15.0. The van der Waals surface area contributed by atoms with Gasteiger partial charge in [0.2, 0.25) is 0 Å². The average Bonchev–Trinajstić information content (AvgIpc) is 3.11. The van der Waals surface area contributed by atoms with E-state index >= 15 is 0 Å². The van der Waals surface area contributed by atoms with Crippen LogP contribution in [-0.2, 0) is 0 Å². The molecule has 0 amide bonds. The Hall–Kier alpha value is -3.58. The summed E-state index contributed by atoms with van der Waals surface area (Å²) < 4.78 is 13.1. The quantitative estimate of drug-likeness (QED) is 0.274. The molecule has 6 nitrogen and oxygen atoms in total. The van der Waals surface area contributed by atoms with Gasteiger partial charge in [-0.25, -0.2) is 9.37 Å². The molecule has 0 aliphatic heterocycles. The lowest BCUT2D eigenvalue weighted by atomic mass is 10.2. The summed E-state index contributed by atoms with van der Waals surface area (Å²) in [5, 5.41) is 11.1. The summed E-state index contributed by atoms with van der Waals surface area (Å²) in [5.74, 6) is 0.323. The molecule has 138 valence electrons. The van der Waals surface area contributed by atoms with Gasteiger partial charge in [0, 0.05) is 17.8 Å². The van der Waals surface area contributed by atoms with Crippen LogP contribution in [0.1, 0.15) is 5.56 Å². The van der Waals surface area contributed by atoms with Gasteiger partial charge in [-0.05, 0) is 54.1 Å². The lowest BCUT2D eigenvalue weighted by molar-refractivity contribution is -0.384. The van der Waals surface area contributed by atoms with Gasteiger partial charge < -0.3 is 4.98 Å². The maximum Gasteiger partial charge on any atom is 0.288 e. The highest BCUT2D eigenvalue weighted by Crippen LogP contribution is 2.26. The summed E-state index contributed by atoms with van der Waals surface area (Å²) in [6.07, 6.45) is 1.53. The van der Waals surface area contributed by atoms with E-state index in [1.54, 1.807) is 24.3 Å². The number of aromatic amines is 1. The first kappa shape index (κ1) is 17.8. The van der Waals surface area contributed by atoms with Crippen molar-refractivity contribution in [1.82, 2.24) is 9.97 Å². The predicted molar refractivity (Wildman–Crippen MR) is 107 cm³/mol. The molecule has 1 heterocycles. The molecule has 0 bridgehead atoms. The minimum atomic E-state index is -0.534. The lowest BCUT2D eigenvalue weighted by Gasteiger charge is -1.97. The first-order chi connectivity index (χ1) is 13.5. The molecule has 1 aromatic heterocycles. The summed E-state index contributed by atoms with van der Waals surface area (Å²) >= 11 is 5.82. The molecule has 0 saturated heterocycles. The van der Waals surface area contributed by atoms with Crippen molar-refractivity contribution >= 4 is 40.2 Å². The van der Waals surface area contributed by atoms with E-state index in [1.165, 1.54) is 30.5 Å². The van der Waals surface area contributed by atoms with Gasteiger partial charge in [0.15, 0.2) is 0 Å². The minimum absolute atomic E-state index is 0.0781. The van der Waals surface area contributed by atoms with Crippen LogP contribution in [0.4, 0.5) is 15.8 Å². The molecule has 0 aliphatic carbocycles. The van der Waals surface area contributed by atoms with Crippen molar-refractivity contribution < 1.29 is 9.31 Å². The second-order valence-corrected chi connectivity index (χ2v) is 6.43. The Morgan fingerprint density at radius 2 is 1.89 bits per heavy atom. The molecule has 8 heteroatoms. The minimum Gasteiger partial charge on any atom is -0.338 e. The van der Waals surface area contributed by atoms with Crippen molar-refractivity contribution in [3.63, 3.8) is 0 Å². The number of hydrogen-bond donors (Lipinski definition) is 1. The van der Waals surface area contributed by atoms with E-state index in [9.17, 15) is 14.5 Å². The van der Waals surface area contributed by atoms with Gasteiger partial charge >= 0.3 is 0 Å². The maximum atomic E-state index is 13.1. The largest absolute Gasteiger partial charge is 0.338 e. The number of aliphatic imine (C=N–C) groups is 1. The number of nitro benzene ring substituents is 1. The number of imidazole rings is 1. The van der Waals surface area contributed by atoms with Crippen LogP contribution in [0, 0.1) is 15.9 Å². The van der Waals surface area contributed by atoms with Crippen molar-refractivity contribution in [2.24, 2.45) is 4.99 Å². The normalized spacial score (nSPS) is 11.4. The highest BCUT2D eigenvalue weighted by molar-refractivity contribution is 6.32. The van der Waals surface area contributed by atoms with Crippen molar-refractivity contribution in [2.75, 3.05) is 0 Å². The van der Waals surface area contributed by atoms with Gasteiger partial charge in [0.25, 0.3) is 5.69 Å². The second-order valence-electron chi connectivity index (χ2n) is 6.02. The highest BCUT2D eigenvalue weighted by Gasteiger charge is 2.12. The fourth-order valence-corrected chi connectivity index (χ4v) is 2.91. The Morgan fingerprint density at radius 3 is 2.64 bits per heavy atom. The number of nitro groups is 1. The molecule has 0 atom stereocenters. The number of aromatic nitrogens is 2. The monoisotopic (exact) mass is 394 g/mol. The van der Waals surface area contributed by atoms with Gasteiger partial charge in [-0.1, -0.05) is 17.7 Å². The summed E-state index contributed by atoms with van der Waals surface area (Å²) in [5.41, 5.74) is 3.35. The van der Waals surface area contributed by atoms with Crippen molar-refractivity contribution in [3.8, 4) is 11.4 Å². The van der Waals surface area contributed by atoms with E-state index < -0.39 is 4.92 Å². The van der Waals surface area contributed by atoms with E-state index in [0.29, 0.717) is 17.1 Å². The zero-order chi connectivity index (χ0) is 19.7. The number of halogens is 2. The maximum absolute atomic E-state index is 13.1. The van der Waals surface area contributed by atoms with E-state index in [4.69, 9.17) is 11.6 Å². The van der Waals surface area contributed by atoms with Crippen LogP contribution in [0.3, 0.4) is 0 Å². The third-order valence-electron chi connectivity index (χ3n) is 4.11. The molecule has 4 rings (SSSR count). The number of fused-ring (bicyclic) bond motifs is 1. The van der Waals surface area contributed by atoms with Crippen LogP contribution in [-0.4, -0.2) is 21.1 Å². The second kappa shape index (κ2) is 7.21. The molecule has 0 unspecified atom stereocenters. The number of H-pyrrole nitrogens is 1. The summed E-state index contributed by atoms with van der Waals surface area (Å²) in [6.45, 7) is 0. The summed E-state index contributed by atoms with van der Waals surface area (Å²) in [4.78, 5) is 22.5. The summed E-state index contributed by atoms with van der Waals surface area (Å²) in [7, 11) is 0. The van der Waals surface area contributed by atoms with Crippen molar-refractivity contribution in [3.05, 3.63) is 87.2 Å². The Kier molecular flexibility index (Phi) is 4.58. The third-order valence-corrected chi connectivity index (χ3v) is 4.43. The number of nitrogens with one attached hydrogen (secondary N) is 1. The Bertz CT molecular complexity index is 1220. The molecule has 0 saturated carbocycles. The molecular weight excluding hydrogens is 383 g/mol. The molecule has 0 aliphatic rings. The van der Waals surface area contributed by atoms with Crippen LogP contribution in [0.15, 0.2) is 65.7 Å². The van der Waals surface area contributed by atoms with Crippen molar-refractivity contribution in [1.29, 1.82) is 0 Å². The number of rotatable bonds is 4. The number of hydrogen-bond acceptors (Lipinski definition) is 4.